The van der Waals surface area contributed by atoms with E-state index in [2.05, 4.69) is 65.4 Å². The molecule has 0 aliphatic carbocycles. The molecule has 3 aromatic rings. The average Bonchev–Trinajstić information content (AvgIpc) is 3.28. The van der Waals surface area contributed by atoms with Crippen LogP contribution in [0.25, 0.3) is 0 Å². The first-order valence-electron chi connectivity index (χ1n) is 20.7. The van der Waals surface area contributed by atoms with Gasteiger partial charge in [0.15, 0.2) is 5.96 Å². The molecule has 1 aliphatic heterocycles. The number of hydrogen-bond acceptors (Lipinski definition) is 13. The first-order valence-corrected chi connectivity index (χ1v) is 21.1. The first-order chi connectivity index (χ1) is 31.9. The van der Waals surface area contributed by atoms with E-state index in [0.717, 1.165) is 10.5 Å². The fourth-order valence-corrected chi connectivity index (χ4v) is 6.44. The Morgan fingerprint density at radius 2 is 1.42 bits per heavy atom. The van der Waals surface area contributed by atoms with Gasteiger partial charge < -0.3 is 42.3 Å². The number of unbranched alkanes of at least 4 members (excludes halogenated alkanes) is 1. The minimum atomic E-state index is -5.26. The lowest BCUT2D eigenvalue weighted by Crippen LogP contribution is -2.58. The molecule has 4 rings (SSSR count). The second-order valence-electron chi connectivity index (χ2n) is 14.8. The maximum atomic E-state index is 14.0. The molecule has 1 saturated heterocycles. The smallest absolute Gasteiger partial charge is 0.471 e. The number of aromatic nitrogens is 1. The summed E-state index contributed by atoms with van der Waals surface area (Å²) in [5, 5.41) is 39.7. The van der Waals surface area contributed by atoms with E-state index in [1.165, 1.54) is 17.6 Å². The molecule has 25 heteroatoms. The summed E-state index contributed by atoms with van der Waals surface area (Å²) in [4.78, 5) is 109. The fraction of sp³-hybridized carbons (Fsp3) is 0.357. The highest BCUT2D eigenvalue weighted by atomic mass is 32.1. The molecule has 4 atom stereocenters. The lowest BCUT2D eigenvalue weighted by atomic mass is 10.0. The largest absolute Gasteiger partial charge is 0.481 e. The maximum Gasteiger partial charge on any atom is 0.471 e. The van der Waals surface area contributed by atoms with Crippen LogP contribution in [0.2, 0.25) is 0 Å². The Hall–Kier alpha value is -7.57. The van der Waals surface area contributed by atoms with Crippen molar-refractivity contribution in [3.05, 3.63) is 89.6 Å². The molecule has 67 heavy (non-hydrogen) atoms. The predicted molar refractivity (Wildman–Crippen MR) is 238 cm³/mol. The molecule has 1 aliphatic rings. The van der Waals surface area contributed by atoms with E-state index in [1.54, 1.807) is 42.6 Å². The zero-order valence-electron chi connectivity index (χ0n) is 35.6. The third-order valence-electron chi connectivity index (χ3n) is 9.65. The van der Waals surface area contributed by atoms with Crippen molar-refractivity contribution in [2.45, 2.75) is 80.2 Å². The molecular formula is C42H49F3N12O9S. The van der Waals surface area contributed by atoms with Crippen LogP contribution in [0.3, 0.4) is 0 Å². The Kier molecular flexibility index (Phi) is 20.0. The van der Waals surface area contributed by atoms with Crippen LogP contribution in [0.15, 0.2) is 82.9 Å². The van der Waals surface area contributed by atoms with Crippen molar-refractivity contribution in [2.24, 2.45) is 5.10 Å². The van der Waals surface area contributed by atoms with Crippen LogP contribution < -0.4 is 48.0 Å². The molecule has 1 aromatic heterocycles. The molecule has 0 saturated carbocycles. The van der Waals surface area contributed by atoms with Gasteiger partial charge in [-0.2, -0.15) is 18.3 Å². The summed E-state index contributed by atoms with van der Waals surface area (Å²) in [5.41, 5.74) is 4.35. The van der Waals surface area contributed by atoms with E-state index in [9.17, 15) is 56.6 Å². The Morgan fingerprint density at radius 1 is 0.791 bits per heavy atom. The molecule has 358 valence electrons. The van der Waals surface area contributed by atoms with Crippen LogP contribution in [0.4, 0.5) is 19.0 Å². The SMILES string of the molecule is N=C(NCCC[C@@H]1NC(=O)[C@H](CCCCNC(=O)c2ccc(N/N=C/c3ccccc3S)nc2)NC(=O)[C@@H](Cc2ccccc2)NC(=O)[C@H](CC(=O)O)NC(=O)CNC1=O)NC(=O)C(F)(F)F. The maximum absolute atomic E-state index is 14.0. The number of rotatable bonds is 17. The Labute approximate surface area is 386 Å². The standard InChI is InChI=1S/C42H49F3N12O9S/c43-42(44,45)40(66)56-41(46)48-18-8-13-27-36(62)50-23-33(58)52-30(20-34(59)60)39(65)55-29(19-24-9-2-1-3-10-24)38(64)54-28(37(63)53-27)12-6-7-17-47-35(61)26-15-16-32(49-21-26)57-51-22-25-11-4-5-14-31(25)67/h1-5,9-11,14-16,21-22,27-30,67H,6-8,12-13,17-20,23H2,(H,47,61)(H,49,57)(H,50,62)(H,52,58)(H,53,63)(H,54,64)(H,55,65)(H,59,60)(H3,46,48,56,66)/b51-22+/t27-,28-,29+,30-/m0/s1. The highest BCUT2D eigenvalue weighted by Crippen LogP contribution is 2.15. The first kappa shape index (κ1) is 52.1. The van der Waals surface area contributed by atoms with E-state index < -0.39 is 96.6 Å². The van der Waals surface area contributed by atoms with E-state index in [0.29, 0.717) is 11.4 Å². The lowest BCUT2D eigenvalue weighted by molar-refractivity contribution is -0.172. The summed E-state index contributed by atoms with van der Waals surface area (Å²) in [6.45, 7) is -0.950. The minimum absolute atomic E-state index is 0.0762. The number of carboxylic acid groups (broad SMARTS) is 1. The molecule has 0 radical (unpaired) electrons. The van der Waals surface area contributed by atoms with Gasteiger partial charge in [0.1, 0.15) is 30.0 Å². The monoisotopic (exact) mass is 954 g/mol. The molecule has 7 amide bonds. The van der Waals surface area contributed by atoms with Gasteiger partial charge in [-0.25, -0.2) is 4.98 Å². The summed E-state index contributed by atoms with van der Waals surface area (Å²) in [5.74, 6) is -9.70. The van der Waals surface area contributed by atoms with Gasteiger partial charge in [0, 0.05) is 36.2 Å². The number of halogens is 3. The number of guanidine groups is 1. The molecule has 1 fully saturated rings. The van der Waals surface area contributed by atoms with E-state index in [4.69, 9.17) is 5.41 Å². The van der Waals surface area contributed by atoms with Crippen LogP contribution in [0.1, 0.15) is 60.0 Å². The number of thiol groups is 1. The zero-order chi connectivity index (χ0) is 48.9. The van der Waals surface area contributed by atoms with Crippen LogP contribution in [0, 0.1) is 5.41 Å². The van der Waals surface area contributed by atoms with Crippen molar-refractivity contribution in [2.75, 3.05) is 25.1 Å². The molecule has 0 bridgehead atoms. The van der Waals surface area contributed by atoms with Gasteiger partial charge in [-0.3, -0.25) is 54.5 Å². The minimum Gasteiger partial charge on any atom is -0.481 e. The van der Waals surface area contributed by atoms with E-state index >= 15 is 0 Å². The number of aliphatic carboxylic acids is 1. The number of anilines is 1. The molecule has 0 unspecified atom stereocenters. The number of carboxylic acids is 1. The number of amides is 7. The van der Waals surface area contributed by atoms with Crippen LogP contribution in [-0.2, 0) is 40.0 Å². The van der Waals surface area contributed by atoms with Crippen molar-refractivity contribution < 1.29 is 56.6 Å². The van der Waals surface area contributed by atoms with Crippen LogP contribution in [0.5, 0.6) is 0 Å². The highest BCUT2D eigenvalue weighted by Gasteiger charge is 2.39. The van der Waals surface area contributed by atoms with Crippen molar-refractivity contribution in [1.29, 1.82) is 5.41 Å². The number of nitrogens with zero attached hydrogens (tertiary/aromatic N) is 2. The number of nitrogens with one attached hydrogen (secondary N) is 10. The molecule has 0 spiro atoms. The molecular weight excluding hydrogens is 906 g/mol. The Balaban J connectivity index is 1.48. The number of hydrogen-bond donors (Lipinski definition) is 12. The number of carbonyl (C=O) groups excluding carboxylic acids is 7. The van der Waals surface area contributed by atoms with Gasteiger partial charge in [0.05, 0.1) is 24.7 Å². The third-order valence-corrected chi connectivity index (χ3v) is 10.1. The summed E-state index contributed by atoms with van der Waals surface area (Å²) in [6, 6.07) is 12.8. The summed E-state index contributed by atoms with van der Waals surface area (Å²) < 4.78 is 37.9. The van der Waals surface area contributed by atoms with Crippen LogP contribution in [-0.4, -0.2) is 120 Å². The van der Waals surface area contributed by atoms with Crippen molar-refractivity contribution in [1.82, 2.24) is 47.5 Å². The fourth-order valence-electron chi connectivity index (χ4n) is 6.22. The number of hydrazone groups is 1. The van der Waals surface area contributed by atoms with Gasteiger partial charge in [-0.05, 0) is 55.9 Å². The summed E-state index contributed by atoms with van der Waals surface area (Å²) in [6.07, 6.45) is -3.33. The highest BCUT2D eigenvalue weighted by molar-refractivity contribution is 7.80. The van der Waals surface area contributed by atoms with E-state index in [1.807, 2.05) is 24.3 Å². The zero-order valence-corrected chi connectivity index (χ0v) is 36.5. The lowest BCUT2D eigenvalue weighted by Gasteiger charge is -2.26. The molecule has 11 N–H and O–H groups in total. The molecule has 21 nitrogen and oxygen atoms in total. The van der Waals surface area contributed by atoms with Gasteiger partial charge in [0.25, 0.3) is 5.91 Å². The summed E-state index contributed by atoms with van der Waals surface area (Å²) in [7, 11) is 0. The molecule has 2 aromatic carbocycles. The van der Waals surface area contributed by atoms with E-state index in [-0.39, 0.29) is 57.2 Å². The number of alkyl halides is 3. The Bertz CT molecular complexity index is 2290. The number of pyridine rings is 1. The normalized spacial score (nSPS) is 18.4. The van der Waals surface area contributed by atoms with Gasteiger partial charge in [-0.15, -0.1) is 12.6 Å². The van der Waals surface area contributed by atoms with Crippen LogP contribution >= 0.6 is 12.6 Å². The van der Waals surface area contributed by atoms with Crippen molar-refractivity contribution >= 4 is 77.9 Å². The topological polar surface area (TPSA) is 314 Å². The quantitative estimate of drug-likeness (QED) is 0.0289. The van der Waals surface area contributed by atoms with Gasteiger partial charge in [-0.1, -0.05) is 48.5 Å². The second kappa shape index (κ2) is 25.8. The van der Waals surface area contributed by atoms with Crippen molar-refractivity contribution in [3.63, 3.8) is 0 Å². The van der Waals surface area contributed by atoms with Gasteiger partial charge in [0.2, 0.25) is 29.5 Å². The number of carbonyl (C=O) groups is 8. The van der Waals surface area contributed by atoms with Gasteiger partial charge >= 0.3 is 18.1 Å². The summed E-state index contributed by atoms with van der Waals surface area (Å²) >= 11 is 4.37. The number of benzene rings is 2. The third kappa shape index (κ3) is 18.1. The van der Waals surface area contributed by atoms with Crippen molar-refractivity contribution in [3.8, 4) is 0 Å². The molecule has 2 heterocycles. The predicted octanol–water partition coefficient (Wildman–Crippen LogP) is 0.486. The Morgan fingerprint density at radius 3 is 2.09 bits per heavy atom. The average molecular weight is 955 g/mol. The second-order valence-corrected chi connectivity index (χ2v) is 15.3.